The minimum atomic E-state index is -0.00760. The van der Waals surface area contributed by atoms with Crippen LogP contribution in [0, 0.1) is 12.8 Å². The van der Waals surface area contributed by atoms with Gasteiger partial charge in [0.05, 0.1) is 0 Å². The van der Waals surface area contributed by atoms with Gasteiger partial charge in [-0.15, -0.1) is 0 Å². The van der Waals surface area contributed by atoms with E-state index in [1.54, 1.807) is 18.5 Å². The van der Waals surface area contributed by atoms with Gasteiger partial charge in [0, 0.05) is 38.2 Å². The largest absolute Gasteiger partial charge is 0.333 e. The molecule has 0 aliphatic carbocycles. The van der Waals surface area contributed by atoms with E-state index in [0.717, 1.165) is 44.6 Å². The maximum atomic E-state index is 13.2. The molecule has 1 saturated heterocycles. The second kappa shape index (κ2) is 10.3. The zero-order valence-electron chi connectivity index (χ0n) is 18.2. The van der Waals surface area contributed by atoms with Gasteiger partial charge in [-0.1, -0.05) is 36.4 Å². The van der Waals surface area contributed by atoms with Crippen LogP contribution in [0.15, 0.2) is 73.2 Å². The summed E-state index contributed by atoms with van der Waals surface area (Å²) in [6.07, 6.45) is 7.48. The fourth-order valence-electron chi connectivity index (χ4n) is 4.25. The van der Waals surface area contributed by atoms with Gasteiger partial charge in [-0.05, 0) is 73.7 Å². The van der Waals surface area contributed by atoms with Crippen molar-refractivity contribution < 1.29 is 4.79 Å². The first-order chi connectivity index (χ1) is 15.2. The topological polar surface area (TPSA) is 49.3 Å². The first-order valence-corrected chi connectivity index (χ1v) is 11.0. The van der Waals surface area contributed by atoms with E-state index in [1.165, 1.54) is 11.1 Å². The van der Waals surface area contributed by atoms with E-state index in [-0.39, 0.29) is 5.91 Å². The highest BCUT2D eigenvalue weighted by molar-refractivity contribution is 5.92. The minimum absolute atomic E-state index is 0.00760. The standard InChI is InChI=1S/C26H30N4O/c1-21-7-2-3-9-24(21)20-29-15-11-22(12-16-29)18-30(19-23-8-6-13-27-17-23)26(31)25-10-4-5-14-28-25/h2-10,13-14,17,22H,11-12,15-16,18-20H2,1H3. The Bertz CT molecular complexity index is 969. The van der Waals surface area contributed by atoms with Crippen molar-refractivity contribution in [3.63, 3.8) is 0 Å². The van der Waals surface area contributed by atoms with Crippen molar-refractivity contribution in [2.75, 3.05) is 19.6 Å². The lowest BCUT2D eigenvalue weighted by Crippen LogP contribution is -2.40. The highest BCUT2D eigenvalue weighted by atomic mass is 16.2. The molecule has 0 bridgehead atoms. The van der Waals surface area contributed by atoms with Gasteiger partial charge in [-0.25, -0.2) is 0 Å². The van der Waals surface area contributed by atoms with Crippen molar-refractivity contribution in [2.45, 2.75) is 32.9 Å². The Morgan fingerprint density at radius 1 is 1.03 bits per heavy atom. The lowest BCUT2D eigenvalue weighted by atomic mass is 9.95. The molecular weight excluding hydrogens is 384 g/mol. The summed E-state index contributed by atoms with van der Waals surface area (Å²) in [5.74, 6) is 0.490. The molecule has 1 aliphatic heterocycles. The maximum absolute atomic E-state index is 13.2. The van der Waals surface area contributed by atoms with Crippen LogP contribution in [-0.2, 0) is 13.1 Å². The number of aromatic nitrogens is 2. The first kappa shape index (κ1) is 21.2. The Hall–Kier alpha value is -3.05. The van der Waals surface area contributed by atoms with Crippen LogP contribution in [0.1, 0.15) is 40.0 Å². The number of amides is 1. The third-order valence-corrected chi connectivity index (χ3v) is 6.11. The molecule has 3 aromatic rings. The summed E-state index contributed by atoms with van der Waals surface area (Å²) in [6.45, 7) is 6.64. The molecule has 4 rings (SSSR count). The van der Waals surface area contributed by atoms with Crippen molar-refractivity contribution in [3.8, 4) is 0 Å². The Balaban J connectivity index is 1.39. The molecule has 5 nitrogen and oxygen atoms in total. The molecule has 0 spiro atoms. The molecule has 3 heterocycles. The third-order valence-electron chi connectivity index (χ3n) is 6.11. The summed E-state index contributed by atoms with van der Waals surface area (Å²) >= 11 is 0. The minimum Gasteiger partial charge on any atom is -0.333 e. The number of aryl methyl sites for hydroxylation is 1. The van der Waals surface area contributed by atoms with Crippen molar-refractivity contribution >= 4 is 5.91 Å². The number of hydrogen-bond donors (Lipinski definition) is 0. The smallest absolute Gasteiger partial charge is 0.272 e. The highest BCUT2D eigenvalue weighted by Gasteiger charge is 2.25. The second-order valence-corrected chi connectivity index (χ2v) is 8.41. The molecule has 31 heavy (non-hydrogen) atoms. The first-order valence-electron chi connectivity index (χ1n) is 11.0. The van der Waals surface area contributed by atoms with Crippen LogP contribution < -0.4 is 0 Å². The van der Waals surface area contributed by atoms with Crippen LogP contribution in [0.25, 0.3) is 0 Å². The molecule has 0 atom stereocenters. The number of carbonyl (C=O) groups is 1. The van der Waals surface area contributed by atoms with E-state index in [0.29, 0.717) is 18.2 Å². The lowest BCUT2D eigenvalue weighted by molar-refractivity contribution is 0.0665. The third kappa shape index (κ3) is 5.76. The quantitative estimate of drug-likeness (QED) is 0.577. The van der Waals surface area contributed by atoms with Crippen molar-refractivity contribution in [1.29, 1.82) is 0 Å². The molecule has 0 N–H and O–H groups in total. The average molecular weight is 415 g/mol. The molecule has 1 fully saturated rings. The molecule has 5 heteroatoms. The van der Waals surface area contributed by atoms with Gasteiger partial charge in [0.1, 0.15) is 5.69 Å². The summed E-state index contributed by atoms with van der Waals surface area (Å²) < 4.78 is 0. The number of benzene rings is 1. The number of piperidine rings is 1. The van der Waals surface area contributed by atoms with Gasteiger partial charge < -0.3 is 4.90 Å². The van der Waals surface area contributed by atoms with Crippen molar-refractivity contribution in [1.82, 2.24) is 19.8 Å². The summed E-state index contributed by atoms with van der Waals surface area (Å²) in [4.78, 5) is 26.2. The van der Waals surface area contributed by atoms with Crippen LogP contribution in [0.2, 0.25) is 0 Å². The number of nitrogens with zero attached hydrogens (tertiary/aromatic N) is 4. The van der Waals surface area contributed by atoms with Crippen LogP contribution in [0.3, 0.4) is 0 Å². The monoisotopic (exact) mass is 414 g/mol. The number of pyridine rings is 2. The molecule has 2 aromatic heterocycles. The van der Waals surface area contributed by atoms with Gasteiger partial charge in [0.2, 0.25) is 0 Å². The second-order valence-electron chi connectivity index (χ2n) is 8.41. The zero-order valence-corrected chi connectivity index (χ0v) is 18.2. The van der Waals surface area contributed by atoms with E-state index in [4.69, 9.17) is 0 Å². The Labute approximate surface area is 184 Å². The van der Waals surface area contributed by atoms with Gasteiger partial charge in [0.25, 0.3) is 5.91 Å². The molecule has 160 valence electrons. The van der Waals surface area contributed by atoms with Crippen LogP contribution >= 0.6 is 0 Å². The number of hydrogen-bond acceptors (Lipinski definition) is 4. The summed E-state index contributed by atoms with van der Waals surface area (Å²) in [6, 6.07) is 18.1. The molecule has 0 radical (unpaired) electrons. The average Bonchev–Trinajstić information content (AvgIpc) is 2.82. The molecular formula is C26H30N4O. The van der Waals surface area contributed by atoms with E-state index in [1.807, 2.05) is 35.4 Å². The summed E-state index contributed by atoms with van der Waals surface area (Å²) in [7, 11) is 0. The normalized spacial score (nSPS) is 15.0. The van der Waals surface area contributed by atoms with Gasteiger partial charge in [0.15, 0.2) is 0 Å². The summed E-state index contributed by atoms with van der Waals surface area (Å²) in [5, 5.41) is 0. The van der Waals surface area contributed by atoms with Gasteiger partial charge in [-0.2, -0.15) is 0 Å². The fraction of sp³-hybridized carbons (Fsp3) is 0.346. The Morgan fingerprint density at radius 3 is 2.55 bits per heavy atom. The molecule has 1 aliphatic rings. The number of likely N-dealkylation sites (tertiary alicyclic amines) is 1. The van der Waals surface area contributed by atoms with Crippen LogP contribution in [0.5, 0.6) is 0 Å². The van der Waals surface area contributed by atoms with Gasteiger partial charge >= 0.3 is 0 Å². The van der Waals surface area contributed by atoms with E-state index in [9.17, 15) is 4.79 Å². The SMILES string of the molecule is Cc1ccccc1CN1CCC(CN(Cc2cccnc2)C(=O)c2ccccn2)CC1. The molecule has 1 amide bonds. The zero-order chi connectivity index (χ0) is 21.5. The lowest BCUT2D eigenvalue weighted by Gasteiger charge is -2.35. The molecule has 1 aromatic carbocycles. The predicted octanol–water partition coefficient (Wildman–Crippen LogP) is 4.34. The number of carbonyl (C=O) groups excluding carboxylic acids is 1. The Morgan fingerprint density at radius 2 is 1.84 bits per heavy atom. The van der Waals surface area contributed by atoms with Crippen molar-refractivity contribution in [3.05, 3.63) is 95.6 Å². The summed E-state index contributed by atoms with van der Waals surface area (Å²) in [5.41, 5.74) is 4.31. The van der Waals surface area contributed by atoms with E-state index >= 15 is 0 Å². The molecule has 0 unspecified atom stereocenters. The molecule has 0 saturated carbocycles. The van der Waals surface area contributed by atoms with Gasteiger partial charge in [-0.3, -0.25) is 19.7 Å². The van der Waals surface area contributed by atoms with E-state index < -0.39 is 0 Å². The predicted molar refractivity (Wildman–Crippen MR) is 122 cm³/mol. The van der Waals surface area contributed by atoms with Crippen molar-refractivity contribution in [2.24, 2.45) is 5.92 Å². The van der Waals surface area contributed by atoms with Crippen LogP contribution in [0.4, 0.5) is 0 Å². The van der Waals surface area contributed by atoms with Crippen LogP contribution in [-0.4, -0.2) is 45.3 Å². The maximum Gasteiger partial charge on any atom is 0.272 e. The Kier molecular flexibility index (Phi) is 7.05. The fourth-order valence-corrected chi connectivity index (χ4v) is 4.25. The van der Waals surface area contributed by atoms with E-state index in [2.05, 4.69) is 46.1 Å². The highest BCUT2D eigenvalue weighted by Crippen LogP contribution is 2.22. The number of rotatable bonds is 7.